The van der Waals surface area contributed by atoms with Gasteiger partial charge in [0.05, 0.1) is 22.8 Å². The summed E-state index contributed by atoms with van der Waals surface area (Å²) in [6, 6.07) is 4.52. The maximum atomic E-state index is 12.1. The zero-order valence-electron chi connectivity index (χ0n) is 10.5. The summed E-state index contributed by atoms with van der Waals surface area (Å²) >= 11 is 5.92. The Labute approximate surface area is 108 Å². The molecule has 0 amide bonds. The summed E-state index contributed by atoms with van der Waals surface area (Å²) in [5.74, 6) is 0.559. The van der Waals surface area contributed by atoms with Crippen LogP contribution in [0.15, 0.2) is 23.1 Å². The molecular formula is C12H17ClO3S. The number of sulfone groups is 1. The Hall–Kier alpha value is -0.740. The van der Waals surface area contributed by atoms with E-state index in [-0.39, 0.29) is 16.1 Å². The molecule has 0 aliphatic rings. The zero-order chi connectivity index (χ0) is 13.3. The minimum Gasteiger partial charge on any atom is -0.495 e. The average molecular weight is 277 g/mol. The van der Waals surface area contributed by atoms with Gasteiger partial charge in [0.2, 0.25) is 0 Å². The lowest BCUT2D eigenvalue weighted by molar-refractivity contribution is 0.414. The van der Waals surface area contributed by atoms with Crippen molar-refractivity contribution in [1.82, 2.24) is 0 Å². The number of hydrogen-bond donors (Lipinski definition) is 0. The molecule has 0 unspecified atom stereocenters. The van der Waals surface area contributed by atoms with Crippen molar-refractivity contribution in [3.8, 4) is 5.75 Å². The highest BCUT2D eigenvalue weighted by Gasteiger charge is 2.24. The highest BCUT2D eigenvalue weighted by atomic mass is 35.5. The van der Waals surface area contributed by atoms with Crippen molar-refractivity contribution in [2.75, 3.05) is 12.9 Å². The molecular weight excluding hydrogens is 260 g/mol. The molecule has 0 bridgehead atoms. The molecule has 0 spiro atoms. The van der Waals surface area contributed by atoms with Gasteiger partial charge in [-0.1, -0.05) is 32.4 Å². The first-order chi connectivity index (χ1) is 7.65. The molecule has 0 aromatic heterocycles. The van der Waals surface area contributed by atoms with Crippen LogP contribution in [-0.2, 0) is 9.84 Å². The van der Waals surface area contributed by atoms with E-state index < -0.39 is 9.84 Å². The second kappa shape index (κ2) is 4.86. The molecule has 0 radical (unpaired) electrons. The van der Waals surface area contributed by atoms with Crippen LogP contribution in [0.1, 0.15) is 20.8 Å². The van der Waals surface area contributed by atoms with Gasteiger partial charge >= 0.3 is 0 Å². The minimum absolute atomic E-state index is 0.0860. The van der Waals surface area contributed by atoms with Gasteiger partial charge in [-0.3, -0.25) is 0 Å². The van der Waals surface area contributed by atoms with Crippen LogP contribution in [0.25, 0.3) is 0 Å². The molecule has 1 aromatic rings. The zero-order valence-corrected chi connectivity index (χ0v) is 12.0. The predicted octanol–water partition coefficient (Wildman–Crippen LogP) is 3.17. The molecule has 1 aromatic carbocycles. The molecule has 17 heavy (non-hydrogen) atoms. The van der Waals surface area contributed by atoms with Gasteiger partial charge in [-0.25, -0.2) is 8.42 Å². The van der Waals surface area contributed by atoms with E-state index >= 15 is 0 Å². The van der Waals surface area contributed by atoms with E-state index in [9.17, 15) is 8.42 Å². The summed E-state index contributed by atoms with van der Waals surface area (Å²) in [5.41, 5.74) is -0.286. The molecule has 3 nitrogen and oxygen atoms in total. The molecule has 0 N–H and O–H groups in total. The first-order valence-corrected chi connectivity index (χ1v) is 7.25. The van der Waals surface area contributed by atoms with E-state index in [1.165, 1.54) is 19.2 Å². The monoisotopic (exact) mass is 276 g/mol. The third kappa shape index (κ3) is 3.89. The molecule has 5 heteroatoms. The van der Waals surface area contributed by atoms with Crippen LogP contribution in [0, 0.1) is 5.41 Å². The van der Waals surface area contributed by atoms with E-state index in [0.29, 0.717) is 10.8 Å². The number of ether oxygens (including phenoxy) is 1. The van der Waals surface area contributed by atoms with Gasteiger partial charge in [-0.05, 0) is 23.6 Å². The largest absolute Gasteiger partial charge is 0.495 e. The summed E-state index contributed by atoms with van der Waals surface area (Å²) in [6.45, 7) is 5.65. The van der Waals surface area contributed by atoms with E-state index in [0.717, 1.165) is 0 Å². The molecule has 0 heterocycles. The van der Waals surface area contributed by atoms with E-state index in [1.807, 2.05) is 20.8 Å². The van der Waals surface area contributed by atoms with E-state index in [4.69, 9.17) is 16.3 Å². The van der Waals surface area contributed by atoms with E-state index in [2.05, 4.69) is 0 Å². The van der Waals surface area contributed by atoms with Crippen LogP contribution in [0.5, 0.6) is 5.75 Å². The fourth-order valence-electron chi connectivity index (χ4n) is 1.49. The molecule has 0 aliphatic carbocycles. The lowest BCUT2D eigenvalue weighted by Gasteiger charge is -2.18. The lowest BCUT2D eigenvalue weighted by Crippen LogP contribution is -2.20. The van der Waals surface area contributed by atoms with Gasteiger partial charge in [0.15, 0.2) is 9.84 Å². The quantitative estimate of drug-likeness (QED) is 0.852. The van der Waals surface area contributed by atoms with Gasteiger partial charge in [0.25, 0.3) is 0 Å². The molecule has 0 atom stereocenters. The van der Waals surface area contributed by atoms with Crippen LogP contribution >= 0.6 is 11.6 Å². The standard InChI is InChI=1S/C12H17ClO3S/c1-12(2,3)8-17(14,15)9-5-6-11(16-4)10(13)7-9/h5-7H,8H2,1-4H3. The van der Waals surface area contributed by atoms with Crippen molar-refractivity contribution in [2.45, 2.75) is 25.7 Å². The Morgan fingerprint density at radius 3 is 2.29 bits per heavy atom. The van der Waals surface area contributed by atoms with Gasteiger partial charge in [0.1, 0.15) is 5.75 Å². The Morgan fingerprint density at radius 2 is 1.88 bits per heavy atom. The Bertz CT molecular complexity index is 501. The molecule has 0 fully saturated rings. The SMILES string of the molecule is COc1ccc(S(=O)(=O)CC(C)(C)C)cc1Cl. The van der Waals surface area contributed by atoms with Crippen molar-refractivity contribution in [1.29, 1.82) is 0 Å². The predicted molar refractivity (Wildman–Crippen MR) is 69.5 cm³/mol. The third-order valence-corrected chi connectivity index (χ3v) is 4.62. The van der Waals surface area contributed by atoms with Crippen LogP contribution < -0.4 is 4.74 Å². The Kier molecular flexibility index (Phi) is 4.10. The smallest absolute Gasteiger partial charge is 0.178 e. The van der Waals surface area contributed by atoms with Crippen molar-refractivity contribution < 1.29 is 13.2 Å². The van der Waals surface area contributed by atoms with Crippen LogP contribution in [0.4, 0.5) is 0 Å². The van der Waals surface area contributed by atoms with Crippen molar-refractivity contribution in [3.05, 3.63) is 23.2 Å². The highest BCUT2D eigenvalue weighted by molar-refractivity contribution is 7.91. The molecule has 1 rings (SSSR count). The summed E-state index contributed by atoms with van der Waals surface area (Å²) in [5, 5.41) is 0.308. The number of benzene rings is 1. The van der Waals surface area contributed by atoms with Crippen molar-refractivity contribution in [2.24, 2.45) is 5.41 Å². The number of hydrogen-bond acceptors (Lipinski definition) is 3. The number of methoxy groups -OCH3 is 1. The van der Waals surface area contributed by atoms with Crippen molar-refractivity contribution in [3.63, 3.8) is 0 Å². The minimum atomic E-state index is -3.31. The Morgan fingerprint density at radius 1 is 1.29 bits per heavy atom. The summed E-state index contributed by atoms with van der Waals surface area (Å²) in [7, 11) is -1.81. The molecule has 0 saturated heterocycles. The molecule has 96 valence electrons. The Balaban J connectivity index is 3.13. The fourth-order valence-corrected chi connectivity index (χ4v) is 3.70. The summed E-state index contributed by atoms with van der Waals surface area (Å²) in [4.78, 5) is 0.234. The highest BCUT2D eigenvalue weighted by Crippen LogP contribution is 2.29. The average Bonchev–Trinajstić information content (AvgIpc) is 2.13. The topological polar surface area (TPSA) is 43.4 Å². The van der Waals surface area contributed by atoms with Gasteiger partial charge in [0, 0.05) is 0 Å². The third-order valence-electron chi connectivity index (χ3n) is 2.11. The normalized spacial score (nSPS) is 12.5. The number of halogens is 1. The second-order valence-electron chi connectivity index (χ2n) is 5.12. The van der Waals surface area contributed by atoms with Crippen LogP contribution in [-0.4, -0.2) is 21.3 Å². The summed E-state index contributed by atoms with van der Waals surface area (Å²) in [6.07, 6.45) is 0. The van der Waals surface area contributed by atoms with Crippen LogP contribution in [0.3, 0.4) is 0 Å². The van der Waals surface area contributed by atoms with Gasteiger partial charge < -0.3 is 4.74 Å². The van der Waals surface area contributed by atoms with Crippen molar-refractivity contribution >= 4 is 21.4 Å². The summed E-state index contributed by atoms with van der Waals surface area (Å²) < 4.78 is 29.2. The molecule has 0 aliphatic heterocycles. The van der Waals surface area contributed by atoms with Gasteiger partial charge in [-0.15, -0.1) is 0 Å². The van der Waals surface area contributed by atoms with Gasteiger partial charge in [-0.2, -0.15) is 0 Å². The fraction of sp³-hybridized carbons (Fsp3) is 0.500. The molecule has 0 saturated carbocycles. The first kappa shape index (κ1) is 14.3. The maximum Gasteiger partial charge on any atom is 0.178 e. The lowest BCUT2D eigenvalue weighted by atomic mass is 10.0. The van der Waals surface area contributed by atoms with Crippen LogP contribution in [0.2, 0.25) is 5.02 Å². The van der Waals surface area contributed by atoms with E-state index in [1.54, 1.807) is 6.07 Å². The number of rotatable bonds is 3. The second-order valence-corrected chi connectivity index (χ2v) is 7.51. The maximum absolute atomic E-state index is 12.1. The first-order valence-electron chi connectivity index (χ1n) is 5.22.